The Hall–Kier alpha value is -1.97. The third kappa shape index (κ3) is 6.02. The highest BCUT2D eigenvalue weighted by Gasteiger charge is 2.31. The van der Waals surface area contributed by atoms with Crippen LogP contribution in [0.1, 0.15) is 37.7 Å². The van der Waals surface area contributed by atoms with Gasteiger partial charge in [-0.05, 0) is 57.8 Å². The Balaban J connectivity index is 0.000000409. The van der Waals surface area contributed by atoms with Gasteiger partial charge in [0.25, 0.3) is 0 Å². The largest absolute Gasteiger partial charge is 0.473 e. The van der Waals surface area contributed by atoms with Crippen LogP contribution in [0.2, 0.25) is 0 Å². The predicted molar refractivity (Wildman–Crippen MR) is 104 cm³/mol. The van der Waals surface area contributed by atoms with Gasteiger partial charge in [-0.3, -0.25) is 0 Å². The van der Waals surface area contributed by atoms with E-state index in [9.17, 15) is 8.42 Å². The van der Waals surface area contributed by atoms with E-state index in [0.29, 0.717) is 24.0 Å². The van der Waals surface area contributed by atoms with Crippen LogP contribution in [0.5, 0.6) is 0 Å². The first-order chi connectivity index (χ1) is 13.2. The van der Waals surface area contributed by atoms with E-state index < -0.39 is 22.0 Å². The molecular formula is C19H28N2O6S. The van der Waals surface area contributed by atoms with Crippen molar-refractivity contribution in [3.05, 3.63) is 29.8 Å². The third-order valence-electron chi connectivity index (χ3n) is 5.17. The molecule has 0 amide bonds. The normalized spacial score (nSPS) is 19.5. The van der Waals surface area contributed by atoms with Gasteiger partial charge in [-0.1, -0.05) is 24.1 Å². The first-order valence-electron chi connectivity index (χ1n) is 9.49. The van der Waals surface area contributed by atoms with Crippen LogP contribution in [0, 0.1) is 6.92 Å². The summed E-state index contributed by atoms with van der Waals surface area (Å²) >= 11 is 0. The lowest BCUT2D eigenvalue weighted by molar-refractivity contribution is -0.159. The number of piperidine rings is 2. The zero-order chi connectivity index (χ0) is 20.7. The maximum atomic E-state index is 12.7. The standard InChI is InChI=1S/C17H26N2O2S.C2H2O4/c1-15-5-7-17(8-6-15)22(20,21)19-13-9-16(10-14-19)18-11-3-2-4-12-18;3-1(4)2(5)6/h5-8,16H,2-4,9-14H2,1H3;(H,3,4)(H,5,6). The van der Waals surface area contributed by atoms with Crippen LogP contribution in [0.4, 0.5) is 0 Å². The number of benzene rings is 1. The predicted octanol–water partition coefficient (Wildman–Crippen LogP) is 1.79. The maximum absolute atomic E-state index is 12.7. The fraction of sp³-hybridized carbons (Fsp3) is 0.579. The number of sulfonamides is 1. The Morgan fingerprint density at radius 2 is 1.39 bits per heavy atom. The van der Waals surface area contributed by atoms with Crippen molar-refractivity contribution in [3.8, 4) is 0 Å². The number of hydrogen-bond acceptors (Lipinski definition) is 5. The van der Waals surface area contributed by atoms with Gasteiger partial charge in [0.05, 0.1) is 4.90 Å². The monoisotopic (exact) mass is 412 g/mol. The Kier molecular flexibility index (Phi) is 7.97. The van der Waals surface area contributed by atoms with Crippen molar-refractivity contribution in [2.24, 2.45) is 0 Å². The molecule has 0 unspecified atom stereocenters. The molecule has 28 heavy (non-hydrogen) atoms. The van der Waals surface area contributed by atoms with Crippen molar-refractivity contribution in [3.63, 3.8) is 0 Å². The highest BCUT2D eigenvalue weighted by molar-refractivity contribution is 7.89. The summed E-state index contributed by atoms with van der Waals surface area (Å²) in [5.74, 6) is -3.65. The minimum absolute atomic E-state index is 0.425. The second kappa shape index (κ2) is 9.99. The molecule has 8 nitrogen and oxygen atoms in total. The molecule has 2 N–H and O–H groups in total. The van der Waals surface area contributed by atoms with E-state index in [1.165, 1.54) is 32.4 Å². The minimum atomic E-state index is -3.32. The Labute approximate surface area is 165 Å². The second-order valence-electron chi connectivity index (χ2n) is 7.16. The lowest BCUT2D eigenvalue weighted by Crippen LogP contribution is -2.48. The number of carbonyl (C=O) groups is 2. The molecule has 2 fully saturated rings. The topological polar surface area (TPSA) is 115 Å². The molecule has 0 atom stereocenters. The zero-order valence-electron chi connectivity index (χ0n) is 16.1. The lowest BCUT2D eigenvalue weighted by atomic mass is 10.0. The maximum Gasteiger partial charge on any atom is 0.414 e. The van der Waals surface area contributed by atoms with Gasteiger partial charge in [-0.25, -0.2) is 18.0 Å². The van der Waals surface area contributed by atoms with Crippen molar-refractivity contribution in [1.82, 2.24) is 9.21 Å². The fourth-order valence-electron chi connectivity index (χ4n) is 3.59. The van der Waals surface area contributed by atoms with Crippen molar-refractivity contribution < 1.29 is 28.2 Å². The average molecular weight is 413 g/mol. The van der Waals surface area contributed by atoms with E-state index in [2.05, 4.69) is 4.90 Å². The lowest BCUT2D eigenvalue weighted by Gasteiger charge is -2.39. The zero-order valence-corrected chi connectivity index (χ0v) is 16.9. The molecule has 0 bridgehead atoms. The first kappa shape index (κ1) is 22.3. The van der Waals surface area contributed by atoms with Crippen LogP contribution in [0.15, 0.2) is 29.2 Å². The van der Waals surface area contributed by atoms with Gasteiger partial charge < -0.3 is 15.1 Å². The molecule has 0 aliphatic carbocycles. The smallest absolute Gasteiger partial charge is 0.414 e. The molecule has 2 aliphatic rings. The quantitative estimate of drug-likeness (QED) is 0.727. The van der Waals surface area contributed by atoms with Crippen LogP contribution in [-0.2, 0) is 19.6 Å². The molecule has 1 aromatic rings. The van der Waals surface area contributed by atoms with E-state index in [0.717, 1.165) is 18.4 Å². The van der Waals surface area contributed by atoms with Gasteiger partial charge >= 0.3 is 11.9 Å². The fourth-order valence-corrected chi connectivity index (χ4v) is 5.06. The van der Waals surface area contributed by atoms with E-state index in [1.54, 1.807) is 16.4 Å². The van der Waals surface area contributed by atoms with E-state index in [-0.39, 0.29) is 0 Å². The van der Waals surface area contributed by atoms with Gasteiger partial charge in [0, 0.05) is 19.1 Å². The van der Waals surface area contributed by atoms with Gasteiger partial charge in [-0.15, -0.1) is 0 Å². The molecule has 0 saturated carbocycles. The summed E-state index contributed by atoms with van der Waals surface area (Å²) in [6.45, 7) is 5.65. The Bertz CT molecular complexity index is 752. The highest BCUT2D eigenvalue weighted by Crippen LogP contribution is 2.25. The number of hydrogen-bond donors (Lipinski definition) is 2. The number of likely N-dealkylation sites (tertiary alicyclic amines) is 1. The summed E-state index contributed by atoms with van der Waals surface area (Å²) < 4.78 is 27.1. The molecule has 0 spiro atoms. The van der Waals surface area contributed by atoms with Gasteiger partial charge in [0.15, 0.2) is 0 Å². The number of aliphatic carboxylic acids is 2. The molecule has 156 valence electrons. The molecule has 3 rings (SSSR count). The molecule has 2 heterocycles. The molecule has 1 aromatic carbocycles. The molecule has 2 aliphatic heterocycles. The van der Waals surface area contributed by atoms with Crippen molar-refractivity contribution in [2.45, 2.75) is 50.0 Å². The number of aryl methyl sites for hydroxylation is 1. The van der Waals surface area contributed by atoms with Crippen LogP contribution >= 0.6 is 0 Å². The minimum Gasteiger partial charge on any atom is -0.473 e. The first-order valence-corrected chi connectivity index (χ1v) is 10.9. The van der Waals surface area contributed by atoms with Gasteiger partial charge in [0.2, 0.25) is 10.0 Å². The number of carboxylic acids is 2. The summed E-state index contributed by atoms with van der Waals surface area (Å²) in [5, 5.41) is 14.8. The van der Waals surface area contributed by atoms with Crippen LogP contribution in [-0.4, -0.2) is 72.0 Å². The molecule has 9 heteroatoms. The molecular weight excluding hydrogens is 384 g/mol. The van der Waals surface area contributed by atoms with Crippen molar-refractivity contribution in [2.75, 3.05) is 26.2 Å². The Morgan fingerprint density at radius 1 is 0.893 bits per heavy atom. The second-order valence-corrected chi connectivity index (χ2v) is 9.09. The van der Waals surface area contributed by atoms with Crippen LogP contribution in [0.3, 0.4) is 0 Å². The Morgan fingerprint density at radius 3 is 1.86 bits per heavy atom. The van der Waals surface area contributed by atoms with E-state index >= 15 is 0 Å². The molecule has 0 aromatic heterocycles. The molecule has 2 saturated heterocycles. The summed E-state index contributed by atoms with van der Waals surface area (Å²) in [7, 11) is -3.32. The SMILES string of the molecule is Cc1ccc(S(=O)(=O)N2CCC(N3CCCCC3)CC2)cc1.O=C(O)C(=O)O. The number of rotatable bonds is 3. The van der Waals surface area contributed by atoms with Gasteiger partial charge in [-0.2, -0.15) is 4.31 Å². The van der Waals surface area contributed by atoms with Crippen molar-refractivity contribution in [1.29, 1.82) is 0 Å². The van der Waals surface area contributed by atoms with Crippen molar-refractivity contribution >= 4 is 22.0 Å². The van der Waals surface area contributed by atoms with E-state index in [4.69, 9.17) is 19.8 Å². The van der Waals surface area contributed by atoms with Crippen LogP contribution < -0.4 is 0 Å². The number of carboxylic acid groups (broad SMARTS) is 2. The van der Waals surface area contributed by atoms with E-state index in [1.807, 2.05) is 19.1 Å². The van der Waals surface area contributed by atoms with Gasteiger partial charge in [0.1, 0.15) is 0 Å². The summed E-state index contributed by atoms with van der Waals surface area (Å²) in [4.78, 5) is 21.2. The highest BCUT2D eigenvalue weighted by atomic mass is 32.2. The average Bonchev–Trinajstić information content (AvgIpc) is 2.69. The summed E-state index contributed by atoms with van der Waals surface area (Å²) in [5.41, 5.74) is 1.09. The molecule has 0 radical (unpaired) electrons. The number of nitrogens with zero attached hydrogens (tertiary/aromatic N) is 2. The summed E-state index contributed by atoms with van der Waals surface area (Å²) in [6.07, 6.45) is 5.86. The van der Waals surface area contributed by atoms with Crippen LogP contribution in [0.25, 0.3) is 0 Å². The third-order valence-corrected chi connectivity index (χ3v) is 7.09. The summed E-state index contributed by atoms with van der Waals surface area (Å²) in [6, 6.07) is 7.76.